The fraction of sp³-hybridized carbons (Fsp3) is 0.652. The van der Waals surface area contributed by atoms with Crippen LogP contribution in [0.4, 0.5) is 5.69 Å². The second kappa shape index (κ2) is 10.1. The Morgan fingerprint density at radius 3 is 2.55 bits per heavy atom. The summed E-state index contributed by atoms with van der Waals surface area (Å²) < 4.78 is 11.7. The van der Waals surface area contributed by atoms with E-state index in [4.69, 9.17) is 9.47 Å². The van der Waals surface area contributed by atoms with Crippen molar-refractivity contribution in [1.82, 2.24) is 4.90 Å². The zero-order valence-corrected chi connectivity index (χ0v) is 17.7. The third-order valence-corrected chi connectivity index (χ3v) is 5.89. The standard InChI is InChI=1S/C23H34N2O4/c1-3-15-29-23(12-6-7-18(2)16-23)22(27)24-19-8-10-20(11-9-19)28-17-21(26)25-13-4-5-14-25/h8-11,18H,3-7,12-17H2,1-2H3,(H,24,27)/t18-,23+/m0/s1. The van der Waals surface area contributed by atoms with E-state index in [0.29, 0.717) is 24.0 Å². The zero-order valence-electron chi connectivity index (χ0n) is 17.7. The molecule has 6 heteroatoms. The summed E-state index contributed by atoms with van der Waals surface area (Å²) in [4.78, 5) is 27.0. The first-order chi connectivity index (χ1) is 14.0. The maximum Gasteiger partial charge on any atom is 0.260 e. The minimum absolute atomic E-state index is 0.0290. The number of ether oxygens (including phenoxy) is 2. The van der Waals surface area contributed by atoms with Crippen molar-refractivity contribution < 1.29 is 19.1 Å². The van der Waals surface area contributed by atoms with Crippen LogP contribution < -0.4 is 10.1 Å². The van der Waals surface area contributed by atoms with E-state index in [9.17, 15) is 9.59 Å². The number of amides is 2. The van der Waals surface area contributed by atoms with Gasteiger partial charge in [-0.2, -0.15) is 0 Å². The average Bonchev–Trinajstić information content (AvgIpc) is 3.26. The van der Waals surface area contributed by atoms with Crippen LogP contribution >= 0.6 is 0 Å². The number of hydrogen-bond acceptors (Lipinski definition) is 4. The highest BCUT2D eigenvalue weighted by molar-refractivity contribution is 5.97. The lowest BCUT2D eigenvalue weighted by molar-refractivity contribution is -0.148. The summed E-state index contributed by atoms with van der Waals surface area (Å²) in [6, 6.07) is 7.20. The first-order valence-electron chi connectivity index (χ1n) is 11.0. The zero-order chi connectivity index (χ0) is 20.7. The van der Waals surface area contributed by atoms with Crippen molar-refractivity contribution in [3.63, 3.8) is 0 Å². The van der Waals surface area contributed by atoms with Gasteiger partial charge in [-0.1, -0.05) is 20.3 Å². The summed E-state index contributed by atoms with van der Waals surface area (Å²) in [6.07, 6.45) is 6.72. The first kappa shape index (κ1) is 21.6. The van der Waals surface area contributed by atoms with E-state index in [1.807, 2.05) is 17.0 Å². The van der Waals surface area contributed by atoms with Crippen LogP contribution in [0.2, 0.25) is 0 Å². The van der Waals surface area contributed by atoms with Gasteiger partial charge in [-0.15, -0.1) is 0 Å². The van der Waals surface area contributed by atoms with E-state index in [0.717, 1.165) is 58.0 Å². The highest BCUT2D eigenvalue weighted by Crippen LogP contribution is 2.36. The molecule has 2 aliphatic rings. The lowest BCUT2D eigenvalue weighted by Gasteiger charge is -2.38. The topological polar surface area (TPSA) is 67.9 Å². The molecule has 0 spiro atoms. The molecule has 2 atom stereocenters. The number of benzene rings is 1. The van der Waals surface area contributed by atoms with E-state index in [2.05, 4.69) is 19.2 Å². The van der Waals surface area contributed by atoms with Crippen LogP contribution in [0.5, 0.6) is 5.75 Å². The second-order valence-electron chi connectivity index (χ2n) is 8.40. The Hall–Kier alpha value is -2.08. The van der Waals surface area contributed by atoms with Gasteiger partial charge in [-0.25, -0.2) is 0 Å². The molecule has 1 saturated heterocycles. The number of nitrogens with one attached hydrogen (secondary N) is 1. The van der Waals surface area contributed by atoms with Gasteiger partial charge in [0.25, 0.3) is 11.8 Å². The van der Waals surface area contributed by atoms with Crippen LogP contribution in [0.3, 0.4) is 0 Å². The molecule has 29 heavy (non-hydrogen) atoms. The second-order valence-corrected chi connectivity index (χ2v) is 8.40. The molecule has 3 rings (SSSR count). The number of carbonyl (C=O) groups excluding carboxylic acids is 2. The van der Waals surface area contributed by atoms with Crippen molar-refractivity contribution in [3.8, 4) is 5.75 Å². The Morgan fingerprint density at radius 2 is 1.90 bits per heavy atom. The van der Waals surface area contributed by atoms with Crippen molar-refractivity contribution in [2.45, 2.75) is 64.4 Å². The van der Waals surface area contributed by atoms with E-state index >= 15 is 0 Å². The minimum Gasteiger partial charge on any atom is -0.484 e. The van der Waals surface area contributed by atoms with Gasteiger partial charge in [0.05, 0.1) is 0 Å². The summed E-state index contributed by atoms with van der Waals surface area (Å²) in [6.45, 7) is 6.55. The molecule has 0 bridgehead atoms. The number of nitrogens with zero attached hydrogens (tertiary/aromatic N) is 1. The van der Waals surface area contributed by atoms with Crippen LogP contribution in [0.1, 0.15) is 58.8 Å². The van der Waals surface area contributed by atoms with Crippen LogP contribution in [-0.4, -0.2) is 48.6 Å². The molecule has 6 nitrogen and oxygen atoms in total. The molecule has 1 aromatic rings. The third-order valence-electron chi connectivity index (χ3n) is 5.89. The van der Waals surface area contributed by atoms with E-state index in [1.54, 1.807) is 12.1 Å². The van der Waals surface area contributed by atoms with Crippen molar-refractivity contribution in [3.05, 3.63) is 24.3 Å². The fourth-order valence-electron chi connectivity index (χ4n) is 4.29. The summed E-state index contributed by atoms with van der Waals surface area (Å²) in [5, 5.41) is 3.02. The van der Waals surface area contributed by atoms with Gasteiger partial charge in [-0.3, -0.25) is 9.59 Å². The van der Waals surface area contributed by atoms with Crippen molar-refractivity contribution in [1.29, 1.82) is 0 Å². The molecule has 1 saturated carbocycles. The van der Waals surface area contributed by atoms with Crippen molar-refractivity contribution >= 4 is 17.5 Å². The molecule has 0 radical (unpaired) electrons. The minimum atomic E-state index is -0.731. The maximum absolute atomic E-state index is 13.1. The van der Waals surface area contributed by atoms with E-state index < -0.39 is 5.60 Å². The van der Waals surface area contributed by atoms with Gasteiger partial charge in [0, 0.05) is 25.4 Å². The Bertz CT molecular complexity index is 685. The van der Waals surface area contributed by atoms with Gasteiger partial charge in [0.1, 0.15) is 11.4 Å². The molecule has 1 N–H and O–H groups in total. The normalized spacial score (nSPS) is 24.3. The van der Waals surface area contributed by atoms with Gasteiger partial charge in [-0.05, 0) is 68.7 Å². The van der Waals surface area contributed by atoms with E-state index in [-0.39, 0.29) is 18.4 Å². The lowest BCUT2D eigenvalue weighted by atomic mass is 9.78. The summed E-state index contributed by atoms with van der Waals surface area (Å²) in [7, 11) is 0. The summed E-state index contributed by atoms with van der Waals surface area (Å²) in [5.41, 5.74) is -0.0173. The molecule has 0 unspecified atom stereocenters. The summed E-state index contributed by atoms with van der Waals surface area (Å²) in [5.74, 6) is 1.07. The molecule has 160 valence electrons. The van der Waals surface area contributed by atoms with Crippen LogP contribution in [0.15, 0.2) is 24.3 Å². The van der Waals surface area contributed by atoms with Gasteiger partial charge >= 0.3 is 0 Å². The molecule has 1 aromatic carbocycles. The smallest absolute Gasteiger partial charge is 0.260 e. The maximum atomic E-state index is 13.1. The molecule has 1 aliphatic carbocycles. The molecular weight excluding hydrogens is 368 g/mol. The molecule has 1 aliphatic heterocycles. The molecular formula is C23H34N2O4. The average molecular weight is 403 g/mol. The predicted molar refractivity (Wildman–Crippen MR) is 113 cm³/mol. The van der Waals surface area contributed by atoms with Crippen molar-refractivity contribution in [2.24, 2.45) is 5.92 Å². The third kappa shape index (κ3) is 5.72. The SMILES string of the molecule is CCCO[C@]1(C(=O)Nc2ccc(OCC(=O)N3CCCC3)cc2)CCC[C@H](C)C1. The number of hydrogen-bond donors (Lipinski definition) is 1. The Morgan fingerprint density at radius 1 is 1.17 bits per heavy atom. The largest absolute Gasteiger partial charge is 0.484 e. The van der Waals surface area contributed by atoms with Gasteiger partial charge in [0.2, 0.25) is 0 Å². The quantitative estimate of drug-likeness (QED) is 0.714. The van der Waals surface area contributed by atoms with Gasteiger partial charge < -0.3 is 19.7 Å². The predicted octanol–water partition coefficient (Wildman–Crippen LogP) is 4.00. The monoisotopic (exact) mass is 402 g/mol. The number of anilines is 1. The molecule has 2 fully saturated rings. The highest BCUT2D eigenvalue weighted by Gasteiger charge is 2.42. The molecule has 1 heterocycles. The highest BCUT2D eigenvalue weighted by atomic mass is 16.5. The first-order valence-corrected chi connectivity index (χ1v) is 11.0. The number of rotatable bonds is 8. The van der Waals surface area contributed by atoms with Crippen LogP contribution in [-0.2, 0) is 14.3 Å². The Balaban J connectivity index is 1.56. The number of likely N-dealkylation sites (tertiary alicyclic amines) is 1. The summed E-state index contributed by atoms with van der Waals surface area (Å²) >= 11 is 0. The fourth-order valence-corrected chi connectivity index (χ4v) is 4.29. The Labute approximate surface area is 173 Å². The molecule has 0 aromatic heterocycles. The number of carbonyl (C=O) groups is 2. The Kier molecular flexibility index (Phi) is 7.53. The lowest BCUT2D eigenvalue weighted by Crippen LogP contribution is -2.48. The van der Waals surface area contributed by atoms with Gasteiger partial charge in [0.15, 0.2) is 6.61 Å². The molecule has 2 amide bonds. The van der Waals surface area contributed by atoms with E-state index in [1.165, 1.54) is 0 Å². The van der Waals surface area contributed by atoms with Crippen LogP contribution in [0.25, 0.3) is 0 Å². The van der Waals surface area contributed by atoms with Crippen molar-refractivity contribution in [2.75, 3.05) is 31.6 Å². The van der Waals surface area contributed by atoms with Crippen LogP contribution in [0, 0.1) is 5.92 Å².